The molecule has 1 aliphatic carbocycles. The van der Waals surface area contributed by atoms with E-state index >= 15 is 0 Å². The number of rotatable bonds is 5. The fraction of sp³-hybridized carbons (Fsp3) is 0.684. The second-order valence-corrected chi connectivity index (χ2v) is 6.78. The molecule has 0 radical (unpaired) electrons. The summed E-state index contributed by atoms with van der Waals surface area (Å²) in [6.45, 7) is 10.2. The van der Waals surface area contributed by atoms with Gasteiger partial charge in [0.15, 0.2) is 0 Å². The van der Waals surface area contributed by atoms with Crippen LogP contribution in [-0.2, 0) is 0 Å². The monoisotopic (exact) mass is 273 g/mol. The van der Waals surface area contributed by atoms with Crippen LogP contribution in [0.4, 0.5) is 0 Å². The molecule has 0 heterocycles. The molecule has 0 aromatic heterocycles. The average Bonchev–Trinajstić information content (AvgIpc) is 2.45. The number of benzene rings is 1. The fourth-order valence-corrected chi connectivity index (χ4v) is 3.61. The molecule has 1 unspecified atom stereocenters. The van der Waals surface area contributed by atoms with Gasteiger partial charge in [0.05, 0.1) is 0 Å². The van der Waals surface area contributed by atoms with Gasteiger partial charge < -0.3 is 5.32 Å². The molecule has 1 aromatic rings. The normalized spacial score (nSPS) is 24.6. The van der Waals surface area contributed by atoms with Crippen LogP contribution in [0.2, 0.25) is 0 Å². The summed E-state index contributed by atoms with van der Waals surface area (Å²) in [6, 6.07) is 7.28. The third kappa shape index (κ3) is 4.09. The van der Waals surface area contributed by atoms with E-state index in [2.05, 4.69) is 51.2 Å². The Morgan fingerprint density at radius 1 is 1.10 bits per heavy atom. The lowest BCUT2D eigenvalue weighted by atomic mass is 9.81. The first-order chi connectivity index (χ1) is 9.60. The highest BCUT2D eigenvalue weighted by Crippen LogP contribution is 2.30. The van der Waals surface area contributed by atoms with Crippen LogP contribution in [0.25, 0.3) is 0 Å². The maximum atomic E-state index is 3.76. The summed E-state index contributed by atoms with van der Waals surface area (Å²) in [6.07, 6.45) is 7.11. The van der Waals surface area contributed by atoms with Crippen LogP contribution in [0, 0.1) is 25.7 Å². The minimum Gasteiger partial charge on any atom is -0.310 e. The number of aryl methyl sites for hydroxylation is 2. The molecule has 1 aromatic carbocycles. The average molecular weight is 273 g/mol. The SMILES string of the molecule is CCC1CCC(CNC(C)c2ccc(C)cc2C)CC1. The van der Waals surface area contributed by atoms with Gasteiger partial charge in [-0.3, -0.25) is 0 Å². The number of hydrogen-bond acceptors (Lipinski definition) is 1. The van der Waals surface area contributed by atoms with Gasteiger partial charge in [0, 0.05) is 6.04 Å². The van der Waals surface area contributed by atoms with Crippen molar-refractivity contribution >= 4 is 0 Å². The van der Waals surface area contributed by atoms with E-state index < -0.39 is 0 Å². The highest BCUT2D eigenvalue weighted by atomic mass is 14.9. The Balaban J connectivity index is 1.82. The second kappa shape index (κ2) is 7.26. The molecule has 0 spiro atoms. The quantitative estimate of drug-likeness (QED) is 0.780. The molecule has 0 bridgehead atoms. The van der Waals surface area contributed by atoms with Crippen LogP contribution < -0.4 is 5.32 Å². The molecular weight excluding hydrogens is 242 g/mol. The van der Waals surface area contributed by atoms with E-state index in [1.807, 2.05) is 0 Å². The van der Waals surface area contributed by atoms with Gasteiger partial charge in [0.2, 0.25) is 0 Å². The molecule has 0 aliphatic heterocycles. The van der Waals surface area contributed by atoms with E-state index in [9.17, 15) is 0 Å². The molecule has 1 saturated carbocycles. The molecule has 20 heavy (non-hydrogen) atoms. The fourth-order valence-electron chi connectivity index (χ4n) is 3.61. The summed E-state index contributed by atoms with van der Waals surface area (Å²) < 4.78 is 0. The van der Waals surface area contributed by atoms with Crippen molar-refractivity contribution in [2.75, 3.05) is 6.54 Å². The van der Waals surface area contributed by atoms with Crippen molar-refractivity contribution in [3.63, 3.8) is 0 Å². The second-order valence-electron chi connectivity index (χ2n) is 6.78. The third-order valence-corrected chi connectivity index (χ3v) is 5.15. The predicted octanol–water partition coefficient (Wildman–Crippen LogP) is 5.17. The van der Waals surface area contributed by atoms with Gasteiger partial charge in [0.25, 0.3) is 0 Å². The maximum Gasteiger partial charge on any atom is 0.0294 e. The van der Waals surface area contributed by atoms with E-state index in [0.29, 0.717) is 6.04 Å². The van der Waals surface area contributed by atoms with E-state index in [4.69, 9.17) is 0 Å². The topological polar surface area (TPSA) is 12.0 Å². The van der Waals surface area contributed by atoms with E-state index in [0.717, 1.165) is 11.8 Å². The van der Waals surface area contributed by atoms with Gasteiger partial charge in [-0.05, 0) is 63.1 Å². The molecule has 1 N–H and O–H groups in total. The lowest BCUT2D eigenvalue weighted by molar-refractivity contribution is 0.258. The lowest BCUT2D eigenvalue weighted by Gasteiger charge is -2.29. The summed E-state index contributed by atoms with van der Waals surface area (Å²) in [4.78, 5) is 0. The summed E-state index contributed by atoms with van der Waals surface area (Å²) in [5.74, 6) is 1.90. The number of nitrogens with one attached hydrogen (secondary N) is 1. The van der Waals surface area contributed by atoms with Crippen molar-refractivity contribution in [1.29, 1.82) is 0 Å². The lowest BCUT2D eigenvalue weighted by Crippen LogP contribution is -2.28. The summed E-state index contributed by atoms with van der Waals surface area (Å²) in [5, 5.41) is 3.76. The molecular formula is C19H31N. The van der Waals surface area contributed by atoms with Crippen molar-refractivity contribution in [3.8, 4) is 0 Å². The van der Waals surface area contributed by atoms with Gasteiger partial charge in [-0.25, -0.2) is 0 Å². The van der Waals surface area contributed by atoms with E-state index in [1.54, 1.807) is 0 Å². The van der Waals surface area contributed by atoms with Crippen LogP contribution in [0.5, 0.6) is 0 Å². The molecule has 0 amide bonds. The Morgan fingerprint density at radius 2 is 1.75 bits per heavy atom. The minimum atomic E-state index is 0.472. The molecule has 2 rings (SSSR count). The first kappa shape index (κ1) is 15.6. The van der Waals surface area contributed by atoms with Crippen LogP contribution in [-0.4, -0.2) is 6.54 Å². The zero-order chi connectivity index (χ0) is 14.5. The molecule has 1 heteroatoms. The Hall–Kier alpha value is -0.820. The van der Waals surface area contributed by atoms with Crippen molar-refractivity contribution < 1.29 is 0 Å². The highest BCUT2D eigenvalue weighted by Gasteiger charge is 2.20. The molecule has 1 atom stereocenters. The molecule has 112 valence electrons. The highest BCUT2D eigenvalue weighted by molar-refractivity contribution is 5.32. The Morgan fingerprint density at radius 3 is 2.35 bits per heavy atom. The van der Waals surface area contributed by atoms with Gasteiger partial charge in [-0.2, -0.15) is 0 Å². The Labute approximate surface area is 125 Å². The van der Waals surface area contributed by atoms with Crippen LogP contribution >= 0.6 is 0 Å². The van der Waals surface area contributed by atoms with Crippen molar-refractivity contribution in [2.45, 2.75) is 65.8 Å². The Bertz CT molecular complexity index is 416. The standard InChI is InChI=1S/C19H31N/c1-5-17-7-9-18(10-8-17)13-20-16(4)19-11-6-14(2)12-15(19)3/h6,11-12,16-18,20H,5,7-10,13H2,1-4H3. The first-order valence-electron chi connectivity index (χ1n) is 8.40. The zero-order valence-electron chi connectivity index (χ0n) is 13.7. The van der Waals surface area contributed by atoms with Gasteiger partial charge in [0.1, 0.15) is 0 Å². The summed E-state index contributed by atoms with van der Waals surface area (Å²) >= 11 is 0. The number of hydrogen-bond donors (Lipinski definition) is 1. The van der Waals surface area contributed by atoms with Crippen LogP contribution in [0.1, 0.15) is 68.7 Å². The Kier molecular flexibility index (Phi) is 5.65. The molecule has 1 aliphatic rings. The zero-order valence-corrected chi connectivity index (χ0v) is 13.7. The van der Waals surface area contributed by atoms with E-state index in [1.165, 1.54) is 55.3 Å². The van der Waals surface area contributed by atoms with Gasteiger partial charge in [-0.1, -0.05) is 49.9 Å². The van der Waals surface area contributed by atoms with Crippen LogP contribution in [0.15, 0.2) is 18.2 Å². The van der Waals surface area contributed by atoms with Crippen molar-refractivity contribution in [3.05, 3.63) is 34.9 Å². The smallest absolute Gasteiger partial charge is 0.0294 e. The molecule has 0 saturated heterocycles. The maximum absolute atomic E-state index is 3.76. The minimum absolute atomic E-state index is 0.472. The van der Waals surface area contributed by atoms with Crippen molar-refractivity contribution in [1.82, 2.24) is 5.32 Å². The van der Waals surface area contributed by atoms with E-state index in [-0.39, 0.29) is 0 Å². The third-order valence-electron chi connectivity index (χ3n) is 5.15. The molecule has 1 fully saturated rings. The van der Waals surface area contributed by atoms with Gasteiger partial charge in [-0.15, -0.1) is 0 Å². The largest absolute Gasteiger partial charge is 0.310 e. The summed E-state index contributed by atoms with van der Waals surface area (Å²) in [5.41, 5.74) is 4.23. The summed E-state index contributed by atoms with van der Waals surface area (Å²) in [7, 11) is 0. The predicted molar refractivity (Wildman–Crippen MR) is 88.1 cm³/mol. The first-order valence-corrected chi connectivity index (χ1v) is 8.40. The van der Waals surface area contributed by atoms with Crippen molar-refractivity contribution in [2.24, 2.45) is 11.8 Å². The van der Waals surface area contributed by atoms with Gasteiger partial charge >= 0.3 is 0 Å². The molecule has 1 nitrogen and oxygen atoms in total. The van der Waals surface area contributed by atoms with Crippen LogP contribution in [0.3, 0.4) is 0 Å².